The Morgan fingerprint density at radius 1 is 0.882 bits per heavy atom. The first-order valence-electron chi connectivity index (χ1n) is 5.32. The molecule has 2 aromatic rings. The van der Waals surface area contributed by atoms with Crippen LogP contribution in [0, 0.1) is 0 Å². The van der Waals surface area contributed by atoms with Crippen LogP contribution in [0.15, 0.2) is 36.4 Å². The minimum atomic E-state index is 0.457. The Kier molecular flexibility index (Phi) is 2.24. The van der Waals surface area contributed by atoms with Gasteiger partial charge >= 0.3 is 0 Å². The van der Waals surface area contributed by atoms with Crippen molar-refractivity contribution in [1.29, 1.82) is 0 Å². The number of hydrogen-bond acceptors (Lipinski definition) is 4. The highest BCUT2D eigenvalue weighted by Crippen LogP contribution is 2.44. The second-order valence-corrected chi connectivity index (χ2v) is 3.99. The lowest BCUT2D eigenvalue weighted by molar-refractivity contribution is 0.279. The van der Waals surface area contributed by atoms with Gasteiger partial charge in [0.1, 0.15) is 0 Å². The van der Waals surface area contributed by atoms with Crippen LogP contribution in [0.2, 0.25) is 0 Å². The van der Waals surface area contributed by atoms with Gasteiger partial charge in [0.2, 0.25) is 0 Å². The zero-order chi connectivity index (χ0) is 11.8. The van der Waals surface area contributed by atoms with E-state index in [1.807, 2.05) is 18.2 Å². The summed E-state index contributed by atoms with van der Waals surface area (Å²) >= 11 is 0. The Morgan fingerprint density at radius 3 is 2.47 bits per heavy atom. The molecule has 4 N–H and O–H groups in total. The van der Waals surface area contributed by atoms with Gasteiger partial charge in [-0.15, -0.1) is 0 Å². The molecule has 0 fully saturated rings. The first-order chi connectivity index (χ1) is 8.35. The summed E-state index contributed by atoms with van der Waals surface area (Å²) in [6.45, 7) is 0. The number of nitrogens with two attached hydrogens (primary N) is 2. The number of fused-ring (bicyclic) bond motifs is 3. The molecule has 2 aromatic carbocycles. The van der Waals surface area contributed by atoms with Crippen LogP contribution >= 0.6 is 0 Å². The quantitative estimate of drug-likeness (QED) is 0.656. The first kappa shape index (κ1) is 10.1. The van der Waals surface area contributed by atoms with Crippen molar-refractivity contribution in [2.45, 2.75) is 6.42 Å². The molecular weight excluding hydrogens is 216 g/mol. The van der Waals surface area contributed by atoms with E-state index in [9.17, 15) is 0 Å². The van der Waals surface area contributed by atoms with E-state index in [2.05, 4.69) is 12.1 Å². The summed E-state index contributed by atoms with van der Waals surface area (Å²) in [5.41, 5.74) is 4.62. The van der Waals surface area contributed by atoms with Crippen LogP contribution in [0.3, 0.4) is 0 Å². The lowest BCUT2D eigenvalue weighted by Crippen LogP contribution is -2.10. The van der Waals surface area contributed by atoms with Crippen LogP contribution in [0.5, 0.6) is 11.5 Å². The van der Waals surface area contributed by atoms with Crippen molar-refractivity contribution >= 4 is 0 Å². The van der Waals surface area contributed by atoms with E-state index in [1.54, 1.807) is 6.07 Å². The molecule has 0 bridgehead atoms. The summed E-state index contributed by atoms with van der Waals surface area (Å²) in [6, 6.07) is 12.0. The summed E-state index contributed by atoms with van der Waals surface area (Å²) in [6.07, 6.45) is 0.787. The van der Waals surface area contributed by atoms with Crippen molar-refractivity contribution in [3.05, 3.63) is 47.5 Å². The molecule has 0 atom stereocenters. The van der Waals surface area contributed by atoms with Gasteiger partial charge in [-0.1, -0.05) is 30.3 Å². The Morgan fingerprint density at radius 2 is 1.71 bits per heavy atom. The topological polar surface area (TPSA) is 70.5 Å². The second kappa shape index (κ2) is 3.76. The molecule has 1 aliphatic carbocycles. The van der Waals surface area contributed by atoms with Gasteiger partial charge in [-0.05, 0) is 22.8 Å². The van der Waals surface area contributed by atoms with E-state index in [0.29, 0.717) is 11.5 Å². The molecule has 0 heterocycles. The van der Waals surface area contributed by atoms with Gasteiger partial charge in [0.15, 0.2) is 11.5 Å². The highest BCUT2D eigenvalue weighted by atomic mass is 16.7. The van der Waals surface area contributed by atoms with Gasteiger partial charge in [0.05, 0.1) is 0 Å². The fraction of sp³-hybridized carbons (Fsp3) is 0.0769. The predicted octanol–water partition coefficient (Wildman–Crippen LogP) is 1.76. The van der Waals surface area contributed by atoms with Gasteiger partial charge in [-0.3, -0.25) is 0 Å². The highest BCUT2D eigenvalue weighted by Gasteiger charge is 2.24. The molecule has 0 saturated heterocycles. The van der Waals surface area contributed by atoms with E-state index in [4.69, 9.17) is 21.5 Å². The lowest BCUT2D eigenvalue weighted by Gasteiger charge is -2.10. The van der Waals surface area contributed by atoms with Crippen LogP contribution in [-0.2, 0) is 6.42 Å². The maximum Gasteiger partial charge on any atom is 0.195 e. The number of benzene rings is 2. The molecule has 0 aliphatic heterocycles. The van der Waals surface area contributed by atoms with E-state index in [0.717, 1.165) is 17.5 Å². The molecule has 0 radical (unpaired) electrons. The van der Waals surface area contributed by atoms with Crippen LogP contribution in [-0.4, -0.2) is 0 Å². The molecule has 4 nitrogen and oxygen atoms in total. The molecule has 86 valence electrons. The Labute approximate surface area is 98.7 Å². The molecule has 0 unspecified atom stereocenters. The zero-order valence-corrected chi connectivity index (χ0v) is 9.14. The van der Waals surface area contributed by atoms with Gasteiger partial charge in [-0.25, -0.2) is 0 Å². The van der Waals surface area contributed by atoms with Crippen LogP contribution in [0.1, 0.15) is 11.1 Å². The third-order valence-corrected chi connectivity index (χ3v) is 3.14. The van der Waals surface area contributed by atoms with Crippen LogP contribution in [0.25, 0.3) is 11.1 Å². The smallest absolute Gasteiger partial charge is 0.195 e. The van der Waals surface area contributed by atoms with Crippen molar-refractivity contribution < 1.29 is 9.68 Å². The van der Waals surface area contributed by atoms with Gasteiger partial charge in [0, 0.05) is 12.0 Å². The fourth-order valence-corrected chi connectivity index (χ4v) is 2.38. The third kappa shape index (κ3) is 1.39. The minimum absolute atomic E-state index is 0.457. The largest absolute Gasteiger partial charge is 0.407 e. The average molecular weight is 228 g/mol. The van der Waals surface area contributed by atoms with E-state index < -0.39 is 0 Å². The van der Waals surface area contributed by atoms with Crippen molar-refractivity contribution in [1.82, 2.24) is 0 Å². The van der Waals surface area contributed by atoms with E-state index in [1.165, 1.54) is 11.1 Å². The summed E-state index contributed by atoms with van der Waals surface area (Å²) < 4.78 is 0. The molecule has 1 aliphatic rings. The number of rotatable bonds is 2. The molecule has 0 aromatic heterocycles. The van der Waals surface area contributed by atoms with Gasteiger partial charge in [-0.2, -0.15) is 11.8 Å². The first-order valence-corrected chi connectivity index (χ1v) is 5.32. The number of hydrogen-bond donors (Lipinski definition) is 2. The third-order valence-electron chi connectivity index (χ3n) is 3.14. The van der Waals surface area contributed by atoms with Crippen LogP contribution < -0.4 is 21.5 Å². The van der Waals surface area contributed by atoms with Crippen molar-refractivity contribution in [2.24, 2.45) is 11.8 Å². The maximum absolute atomic E-state index is 5.30. The Hall–Kier alpha value is -2.04. The molecule has 3 rings (SSSR count). The second-order valence-electron chi connectivity index (χ2n) is 3.99. The SMILES string of the molecule is NOc1ccc2c(c1ON)Cc1ccccc1-2. The molecule has 0 saturated carbocycles. The van der Waals surface area contributed by atoms with Crippen molar-refractivity contribution in [3.8, 4) is 22.6 Å². The maximum atomic E-state index is 5.30. The fourth-order valence-electron chi connectivity index (χ4n) is 2.38. The summed E-state index contributed by atoms with van der Waals surface area (Å²) in [5, 5.41) is 0. The van der Waals surface area contributed by atoms with Gasteiger partial charge in [0.25, 0.3) is 0 Å². The van der Waals surface area contributed by atoms with E-state index >= 15 is 0 Å². The standard InChI is InChI=1S/C13H12N2O2/c14-16-12-6-5-10-9-4-2-1-3-8(9)7-11(10)13(12)17-15/h1-6H,7,14-15H2. The monoisotopic (exact) mass is 228 g/mol. The van der Waals surface area contributed by atoms with E-state index in [-0.39, 0.29) is 0 Å². The lowest BCUT2D eigenvalue weighted by atomic mass is 10.1. The molecule has 4 heteroatoms. The zero-order valence-electron chi connectivity index (χ0n) is 9.14. The van der Waals surface area contributed by atoms with Crippen molar-refractivity contribution in [3.63, 3.8) is 0 Å². The molecule has 0 spiro atoms. The summed E-state index contributed by atoms with van der Waals surface area (Å²) in [4.78, 5) is 9.66. The minimum Gasteiger partial charge on any atom is -0.407 e. The summed E-state index contributed by atoms with van der Waals surface area (Å²) in [7, 11) is 0. The molecule has 17 heavy (non-hydrogen) atoms. The van der Waals surface area contributed by atoms with Crippen molar-refractivity contribution in [2.75, 3.05) is 0 Å². The summed E-state index contributed by atoms with van der Waals surface area (Å²) in [5.74, 6) is 11.5. The Bertz CT molecular complexity index is 582. The normalized spacial score (nSPS) is 11.9. The van der Waals surface area contributed by atoms with Crippen LogP contribution in [0.4, 0.5) is 0 Å². The average Bonchev–Trinajstić information content (AvgIpc) is 2.75. The molecular formula is C13H12N2O2. The Balaban J connectivity index is 2.24. The molecule has 0 amide bonds. The highest BCUT2D eigenvalue weighted by molar-refractivity contribution is 5.80. The predicted molar refractivity (Wildman–Crippen MR) is 64.3 cm³/mol. The van der Waals surface area contributed by atoms with Gasteiger partial charge < -0.3 is 9.68 Å².